The van der Waals surface area contributed by atoms with Crippen LogP contribution in [0.5, 0.6) is 0 Å². The molecule has 0 unspecified atom stereocenters. The minimum Gasteiger partial charge on any atom is -0.360 e. The van der Waals surface area contributed by atoms with E-state index in [9.17, 15) is 9.59 Å². The summed E-state index contributed by atoms with van der Waals surface area (Å²) in [6.07, 6.45) is 8.21. The Labute approximate surface area is 176 Å². The maximum atomic E-state index is 13.3. The summed E-state index contributed by atoms with van der Waals surface area (Å²) in [6.45, 7) is 3.11. The van der Waals surface area contributed by atoms with Gasteiger partial charge in [0, 0.05) is 17.6 Å². The molecule has 0 radical (unpaired) electrons. The Morgan fingerprint density at radius 1 is 1.31 bits per heavy atom. The van der Waals surface area contributed by atoms with Gasteiger partial charge in [-0.3, -0.25) is 9.59 Å². The number of hydrogen-bond acceptors (Lipinski definition) is 3. The van der Waals surface area contributed by atoms with Crippen LogP contribution in [0.15, 0.2) is 36.4 Å². The van der Waals surface area contributed by atoms with Crippen molar-refractivity contribution in [2.45, 2.75) is 56.9 Å². The molecular formula is C23H27ClN2O3. The van der Waals surface area contributed by atoms with Gasteiger partial charge in [0.25, 0.3) is 0 Å². The first-order chi connectivity index (χ1) is 14.0. The van der Waals surface area contributed by atoms with Gasteiger partial charge < -0.3 is 15.0 Å². The van der Waals surface area contributed by atoms with Crippen molar-refractivity contribution in [1.29, 1.82) is 0 Å². The molecule has 6 heteroatoms. The summed E-state index contributed by atoms with van der Waals surface area (Å²) in [4.78, 5) is 28.4. The number of hydrogen-bond donors (Lipinski definition) is 1. The summed E-state index contributed by atoms with van der Waals surface area (Å²) in [5.74, 6) is -0.448. The van der Waals surface area contributed by atoms with Crippen LogP contribution in [-0.2, 0) is 20.9 Å². The summed E-state index contributed by atoms with van der Waals surface area (Å²) in [5, 5.41) is 3.90. The Morgan fingerprint density at radius 2 is 2.10 bits per heavy atom. The summed E-state index contributed by atoms with van der Waals surface area (Å²) < 4.78 is 6.23. The molecule has 2 bridgehead atoms. The van der Waals surface area contributed by atoms with E-state index in [2.05, 4.69) is 12.2 Å². The summed E-state index contributed by atoms with van der Waals surface area (Å²) >= 11 is 6.30. The van der Waals surface area contributed by atoms with Crippen LogP contribution in [0.2, 0.25) is 5.02 Å². The number of carbonyl (C=O) groups excluding carboxylic acids is 2. The lowest BCUT2D eigenvalue weighted by atomic mass is 9.76. The first-order valence-corrected chi connectivity index (χ1v) is 11.1. The van der Waals surface area contributed by atoms with Crippen molar-refractivity contribution in [2.75, 3.05) is 6.54 Å². The Morgan fingerprint density at radius 3 is 2.90 bits per heavy atom. The van der Waals surface area contributed by atoms with Gasteiger partial charge in [-0.05, 0) is 30.4 Å². The molecule has 4 aliphatic rings. The number of nitrogens with one attached hydrogen (secondary N) is 1. The topological polar surface area (TPSA) is 58.6 Å². The molecule has 154 valence electrons. The van der Waals surface area contributed by atoms with Crippen LogP contribution < -0.4 is 5.32 Å². The summed E-state index contributed by atoms with van der Waals surface area (Å²) in [7, 11) is 0. The lowest BCUT2D eigenvalue weighted by molar-refractivity contribution is -0.138. The molecule has 1 N–H and O–H groups in total. The molecule has 0 aromatic heterocycles. The van der Waals surface area contributed by atoms with Gasteiger partial charge in [-0.2, -0.15) is 0 Å². The Bertz CT molecular complexity index is 871. The van der Waals surface area contributed by atoms with Crippen molar-refractivity contribution in [3.63, 3.8) is 0 Å². The number of nitrogens with zero attached hydrogens (tertiary/aromatic N) is 1. The van der Waals surface area contributed by atoms with Crippen LogP contribution in [0.3, 0.4) is 0 Å². The van der Waals surface area contributed by atoms with Gasteiger partial charge in [-0.15, -0.1) is 0 Å². The molecular weight excluding hydrogens is 388 g/mol. The first kappa shape index (κ1) is 19.1. The standard InChI is InChI=1S/C23H27ClN2O3/c1-14-6-2-5-9-17(14)25-21(27)19-18-10-11-23(29-18)13-26(22(28)20(19)23)12-15-7-3-4-8-16(15)24/h3-4,7-8,10-11,14,17-20H,2,5-6,9,12-13H2,1H3,(H,25,27)/t14-,17-,18-,19-,20-,23+/m1/s1. The Kier molecular flexibility index (Phi) is 4.71. The van der Waals surface area contributed by atoms with Gasteiger partial charge in [0.05, 0.1) is 24.5 Å². The van der Waals surface area contributed by atoms with E-state index in [1.165, 1.54) is 6.42 Å². The number of halogens is 1. The normalized spacial score (nSPS) is 37.8. The molecule has 2 amide bonds. The smallest absolute Gasteiger partial charge is 0.230 e. The zero-order valence-electron chi connectivity index (χ0n) is 16.6. The third-order valence-electron chi connectivity index (χ3n) is 7.24. The Hall–Kier alpha value is -1.85. The van der Waals surface area contributed by atoms with Crippen LogP contribution in [-0.4, -0.2) is 41.0 Å². The van der Waals surface area contributed by atoms with E-state index in [4.69, 9.17) is 16.3 Å². The number of carbonyl (C=O) groups is 2. The van der Waals surface area contributed by atoms with E-state index in [0.29, 0.717) is 24.0 Å². The number of fused-ring (bicyclic) bond motifs is 1. The van der Waals surface area contributed by atoms with Crippen LogP contribution in [0.4, 0.5) is 0 Å². The van der Waals surface area contributed by atoms with Gasteiger partial charge in [0.2, 0.25) is 11.8 Å². The molecule has 6 atom stereocenters. The molecule has 5 nitrogen and oxygen atoms in total. The highest BCUT2D eigenvalue weighted by Gasteiger charge is 2.66. The zero-order chi connectivity index (χ0) is 20.2. The van der Waals surface area contributed by atoms with Crippen molar-refractivity contribution in [2.24, 2.45) is 17.8 Å². The third-order valence-corrected chi connectivity index (χ3v) is 7.61. The second-order valence-corrected chi connectivity index (χ2v) is 9.47. The van der Waals surface area contributed by atoms with Crippen molar-refractivity contribution in [1.82, 2.24) is 10.2 Å². The Balaban J connectivity index is 1.35. The maximum Gasteiger partial charge on any atom is 0.230 e. The van der Waals surface area contributed by atoms with E-state index in [1.54, 1.807) is 4.90 Å². The van der Waals surface area contributed by atoms with Crippen LogP contribution >= 0.6 is 11.6 Å². The van der Waals surface area contributed by atoms with Crippen molar-refractivity contribution < 1.29 is 14.3 Å². The van der Waals surface area contributed by atoms with Crippen LogP contribution in [0.1, 0.15) is 38.2 Å². The van der Waals surface area contributed by atoms with E-state index in [0.717, 1.165) is 24.8 Å². The second-order valence-electron chi connectivity index (χ2n) is 9.06. The van der Waals surface area contributed by atoms with Crippen LogP contribution in [0, 0.1) is 17.8 Å². The number of benzene rings is 1. The first-order valence-electron chi connectivity index (χ1n) is 10.7. The predicted molar refractivity (Wildman–Crippen MR) is 110 cm³/mol. The second kappa shape index (κ2) is 7.13. The molecule has 1 aliphatic carbocycles. The molecule has 2 saturated heterocycles. The quantitative estimate of drug-likeness (QED) is 0.769. The van der Waals surface area contributed by atoms with E-state index in [-0.39, 0.29) is 24.0 Å². The zero-order valence-corrected chi connectivity index (χ0v) is 17.4. The average molecular weight is 415 g/mol. The van der Waals surface area contributed by atoms with Gasteiger partial charge >= 0.3 is 0 Å². The number of likely N-dealkylation sites (tertiary alicyclic amines) is 1. The van der Waals surface area contributed by atoms with E-state index in [1.807, 2.05) is 36.4 Å². The highest BCUT2D eigenvalue weighted by atomic mass is 35.5. The monoisotopic (exact) mass is 414 g/mol. The fourth-order valence-corrected chi connectivity index (χ4v) is 5.85. The third kappa shape index (κ3) is 3.10. The van der Waals surface area contributed by atoms with Crippen molar-refractivity contribution in [3.05, 3.63) is 47.0 Å². The van der Waals surface area contributed by atoms with Crippen molar-refractivity contribution >= 4 is 23.4 Å². The molecule has 3 heterocycles. The number of rotatable bonds is 4. The maximum absolute atomic E-state index is 13.3. The van der Waals surface area contributed by atoms with Gasteiger partial charge in [-0.1, -0.05) is 61.7 Å². The molecule has 1 aromatic carbocycles. The summed E-state index contributed by atoms with van der Waals surface area (Å²) in [5.41, 5.74) is 0.234. The molecule has 3 fully saturated rings. The lowest BCUT2D eigenvalue weighted by Gasteiger charge is -2.32. The number of ether oxygens (including phenoxy) is 1. The highest BCUT2D eigenvalue weighted by Crippen LogP contribution is 2.52. The van der Waals surface area contributed by atoms with E-state index < -0.39 is 17.4 Å². The molecule has 3 aliphatic heterocycles. The highest BCUT2D eigenvalue weighted by molar-refractivity contribution is 6.31. The SMILES string of the molecule is C[C@@H]1CCCC[C@H]1NC(=O)[C@@H]1[C@H]2C=C[C@@]3(CN(Cc4ccccc4Cl)C(=O)[C@@H]13)O2. The molecule has 29 heavy (non-hydrogen) atoms. The minimum atomic E-state index is -0.677. The van der Waals surface area contributed by atoms with Crippen LogP contribution in [0.25, 0.3) is 0 Å². The fourth-order valence-electron chi connectivity index (χ4n) is 5.65. The molecule has 1 saturated carbocycles. The van der Waals surface area contributed by atoms with Gasteiger partial charge in [0.1, 0.15) is 5.60 Å². The minimum absolute atomic E-state index is 0.00591. The molecule has 5 rings (SSSR count). The fraction of sp³-hybridized carbons (Fsp3) is 0.565. The number of amides is 2. The van der Waals surface area contributed by atoms with Gasteiger partial charge in [-0.25, -0.2) is 0 Å². The molecule has 1 aromatic rings. The summed E-state index contributed by atoms with van der Waals surface area (Å²) in [6, 6.07) is 7.77. The lowest BCUT2D eigenvalue weighted by Crippen LogP contribution is -2.49. The molecule has 1 spiro atoms. The average Bonchev–Trinajstić information content (AvgIpc) is 3.34. The van der Waals surface area contributed by atoms with Gasteiger partial charge in [0.15, 0.2) is 0 Å². The van der Waals surface area contributed by atoms with Crippen molar-refractivity contribution in [3.8, 4) is 0 Å². The predicted octanol–water partition coefficient (Wildman–Crippen LogP) is 3.32. The largest absolute Gasteiger partial charge is 0.360 e. The van der Waals surface area contributed by atoms with E-state index >= 15 is 0 Å².